The number of hydroxylamine groups is 1. The molecule has 0 spiro atoms. The van der Waals surface area contributed by atoms with Crippen LogP contribution < -0.4 is 5.48 Å². The van der Waals surface area contributed by atoms with Crippen LogP contribution in [0.1, 0.15) is 35.6 Å². The largest absolute Gasteiger partial charge is 0.296 e. The Morgan fingerprint density at radius 2 is 2.20 bits per heavy atom. The van der Waals surface area contributed by atoms with Crippen LogP contribution in [-0.4, -0.2) is 38.9 Å². The molecule has 3 rings (SSSR count). The zero-order valence-electron chi connectivity index (χ0n) is 14.4. The Morgan fingerprint density at radius 1 is 1.40 bits per heavy atom. The molecule has 1 aliphatic rings. The lowest BCUT2D eigenvalue weighted by atomic mass is 10.0. The Morgan fingerprint density at radius 3 is 2.88 bits per heavy atom. The molecular weight excluding hydrogens is 316 g/mol. The van der Waals surface area contributed by atoms with E-state index in [1.165, 1.54) is 30.0 Å². The monoisotopic (exact) mass is 340 g/mol. The van der Waals surface area contributed by atoms with Gasteiger partial charge >= 0.3 is 0 Å². The van der Waals surface area contributed by atoms with Crippen LogP contribution in [0.3, 0.4) is 0 Å². The predicted molar refractivity (Wildman–Crippen MR) is 95.9 cm³/mol. The minimum atomic E-state index is -0.526. The number of amides is 1. The second kappa shape index (κ2) is 8.09. The molecule has 6 heteroatoms. The van der Waals surface area contributed by atoms with Crippen LogP contribution in [0, 0.1) is 0 Å². The molecule has 2 heterocycles. The molecule has 25 heavy (non-hydrogen) atoms. The van der Waals surface area contributed by atoms with Gasteiger partial charge in [0.15, 0.2) is 0 Å². The standard InChI is InChI=1S/C19H24N4O2/c1-22-14-16(13-20-22)10-12-23-11-2-3-18(23)17-7-4-15(5-8-17)6-9-19(24)21-25/h4-9,13-14,18,25H,2-3,10-12H2,1H3,(H,21,24). The van der Waals surface area contributed by atoms with Gasteiger partial charge in [0.1, 0.15) is 0 Å². The van der Waals surface area contributed by atoms with E-state index in [1.54, 1.807) is 11.6 Å². The van der Waals surface area contributed by atoms with Crippen molar-refractivity contribution in [1.82, 2.24) is 20.2 Å². The third-order valence-corrected chi connectivity index (χ3v) is 4.67. The molecule has 0 bridgehead atoms. The molecule has 1 aromatic heterocycles. The zero-order chi connectivity index (χ0) is 17.6. The van der Waals surface area contributed by atoms with Crippen molar-refractivity contribution in [2.75, 3.05) is 13.1 Å². The summed E-state index contributed by atoms with van der Waals surface area (Å²) < 4.78 is 1.85. The maximum Gasteiger partial charge on any atom is 0.267 e. The Kier molecular flexibility index (Phi) is 5.63. The first-order valence-electron chi connectivity index (χ1n) is 8.59. The number of nitrogens with zero attached hydrogens (tertiary/aromatic N) is 3. The highest BCUT2D eigenvalue weighted by Crippen LogP contribution is 2.32. The molecule has 2 aromatic rings. The van der Waals surface area contributed by atoms with Crippen molar-refractivity contribution in [2.24, 2.45) is 7.05 Å². The fourth-order valence-corrected chi connectivity index (χ4v) is 3.38. The normalized spacial score (nSPS) is 18.1. The number of carbonyl (C=O) groups excluding carboxylic acids is 1. The molecular formula is C19H24N4O2. The molecule has 6 nitrogen and oxygen atoms in total. The molecule has 0 saturated carbocycles. The molecule has 1 aliphatic heterocycles. The summed E-state index contributed by atoms with van der Waals surface area (Å²) in [5.74, 6) is -0.526. The molecule has 1 atom stereocenters. The first-order chi connectivity index (χ1) is 12.2. The average molecular weight is 340 g/mol. The Bertz CT molecular complexity index is 736. The minimum absolute atomic E-state index is 0.454. The van der Waals surface area contributed by atoms with Crippen molar-refractivity contribution >= 4 is 12.0 Å². The number of aryl methyl sites for hydroxylation is 1. The van der Waals surface area contributed by atoms with Crippen LogP contribution in [-0.2, 0) is 18.3 Å². The average Bonchev–Trinajstić information content (AvgIpc) is 3.27. The summed E-state index contributed by atoms with van der Waals surface area (Å²) in [6.07, 6.45) is 10.4. The number of benzene rings is 1. The topological polar surface area (TPSA) is 70.4 Å². The summed E-state index contributed by atoms with van der Waals surface area (Å²) in [4.78, 5) is 13.6. The fraction of sp³-hybridized carbons (Fsp3) is 0.368. The third-order valence-electron chi connectivity index (χ3n) is 4.67. The van der Waals surface area contributed by atoms with E-state index in [-0.39, 0.29) is 0 Å². The molecule has 1 aromatic carbocycles. The highest BCUT2D eigenvalue weighted by Gasteiger charge is 2.25. The van der Waals surface area contributed by atoms with Gasteiger partial charge in [0, 0.05) is 31.9 Å². The van der Waals surface area contributed by atoms with Gasteiger partial charge in [-0.15, -0.1) is 0 Å². The summed E-state index contributed by atoms with van der Waals surface area (Å²) in [6, 6.07) is 8.73. The summed E-state index contributed by atoms with van der Waals surface area (Å²) in [7, 11) is 1.95. The number of hydrogen-bond acceptors (Lipinski definition) is 4. The first-order valence-corrected chi connectivity index (χ1v) is 8.59. The fourth-order valence-electron chi connectivity index (χ4n) is 3.38. The highest BCUT2D eigenvalue weighted by atomic mass is 16.5. The van der Waals surface area contributed by atoms with Crippen molar-refractivity contribution in [1.29, 1.82) is 0 Å². The highest BCUT2D eigenvalue weighted by molar-refractivity contribution is 5.90. The molecule has 1 fully saturated rings. The molecule has 2 N–H and O–H groups in total. The van der Waals surface area contributed by atoms with Crippen molar-refractivity contribution in [3.63, 3.8) is 0 Å². The summed E-state index contributed by atoms with van der Waals surface area (Å²) in [5.41, 5.74) is 5.11. The Balaban J connectivity index is 1.61. The number of nitrogens with one attached hydrogen (secondary N) is 1. The van der Waals surface area contributed by atoms with Gasteiger partial charge in [-0.25, -0.2) is 5.48 Å². The van der Waals surface area contributed by atoms with E-state index < -0.39 is 5.91 Å². The lowest BCUT2D eigenvalue weighted by molar-refractivity contribution is -0.124. The second-order valence-corrected chi connectivity index (χ2v) is 6.44. The molecule has 1 saturated heterocycles. The van der Waals surface area contributed by atoms with Gasteiger partial charge in [-0.1, -0.05) is 24.3 Å². The van der Waals surface area contributed by atoms with E-state index in [2.05, 4.69) is 28.3 Å². The van der Waals surface area contributed by atoms with E-state index in [4.69, 9.17) is 5.21 Å². The zero-order valence-corrected chi connectivity index (χ0v) is 14.4. The van der Waals surface area contributed by atoms with E-state index >= 15 is 0 Å². The lowest BCUT2D eigenvalue weighted by Gasteiger charge is -2.24. The summed E-state index contributed by atoms with van der Waals surface area (Å²) >= 11 is 0. The van der Waals surface area contributed by atoms with E-state index in [0.717, 1.165) is 25.1 Å². The molecule has 0 aliphatic carbocycles. The van der Waals surface area contributed by atoms with Crippen LogP contribution in [0.5, 0.6) is 0 Å². The van der Waals surface area contributed by atoms with Crippen LogP contribution in [0.25, 0.3) is 6.08 Å². The number of rotatable bonds is 6. The number of likely N-dealkylation sites (tertiary alicyclic amines) is 1. The van der Waals surface area contributed by atoms with Crippen molar-refractivity contribution in [3.8, 4) is 0 Å². The van der Waals surface area contributed by atoms with Gasteiger partial charge < -0.3 is 0 Å². The second-order valence-electron chi connectivity index (χ2n) is 6.44. The smallest absolute Gasteiger partial charge is 0.267 e. The number of hydrogen-bond donors (Lipinski definition) is 2. The minimum Gasteiger partial charge on any atom is -0.296 e. The van der Waals surface area contributed by atoms with Gasteiger partial charge in [0.25, 0.3) is 5.91 Å². The first kappa shape index (κ1) is 17.4. The Labute approximate surface area is 147 Å². The molecule has 132 valence electrons. The van der Waals surface area contributed by atoms with E-state index in [1.807, 2.05) is 30.1 Å². The number of aromatic nitrogens is 2. The van der Waals surface area contributed by atoms with Crippen LogP contribution in [0.15, 0.2) is 42.7 Å². The molecule has 1 amide bonds. The maximum atomic E-state index is 11.0. The van der Waals surface area contributed by atoms with Crippen molar-refractivity contribution in [2.45, 2.75) is 25.3 Å². The van der Waals surface area contributed by atoms with Crippen molar-refractivity contribution < 1.29 is 10.0 Å². The SMILES string of the molecule is Cn1cc(CCN2CCCC2c2ccc(C=CC(=O)NO)cc2)cn1. The summed E-state index contributed by atoms with van der Waals surface area (Å²) in [6.45, 7) is 2.16. The van der Waals surface area contributed by atoms with Crippen LogP contribution in [0.4, 0.5) is 0 Å². The Hall–Kier alpha value is -2.44. The van der Waals surface area contributed by atoms with E-state index in [9.17, 15) is 4.79 Å². The quantitative estimate of drug-likeness (QED) is 0.481. The van der Waals surface area contributed by atoms with Crippen LogP contribution >= 0.6 is 0 Å². The van der Waals surface area contributed by atoms with E-state index in [0.29, 0.717) is 6.04 Å². The predicted octanol–water partition coefficient (Wildman–Crippen LogP) is 2.32. The van der Waals surface area contributed by atoms with Gasteiger partial charge in [0.05, 0.1) is 6.20 Å². The van der Waals surface area contributed by atoms with Gasteiger partial charge in [-0.3, -0.25) is 19.6 Å². The maximum absolute atomic E-state index is 11.0. The summed E-state index contributed by atoms with van der Waals surface area (Å²) in [5, 5.41) is 12.7. The van der Waals surface area contributed by atoms with Gasteiger partial charge in [-0.05, 0) is 48.6 Å². The number of carbonyl (C=O) groups is 1. The van der Waals surface area contributed by atoms with Gasteiger partial charge in [0.2, 0.25) is 0 Å². The third kappa shape index (κ3) is 4.55. The van der Waals surface area contributed by atoms with Gasteiger partial charge in [-0.2, -0.15) is 5.10 Å². The van der Waals surface area contributed by atoms with Crippen LogP contribution in [0.2, 0.25) is 0 Å². The van der Waals surface area contributed by atoms with Crippen molar-refractivity contribution in [3.05, 3.63) is 59.4 Å². The molecule has 1 unspecified atom stereocenters. The molecule has 0 radical (unpaired) electrons. The lowest BCUT2D eigenvalue weighted by Crippen LogP contribution is -2.25.